The number of hydrogen-bond donors (Lipinski definition) is 1. The van der Waals surface area contributed by atoms with E-state index in [2.05, 4.69) is 15.4 Å². The summed E-state index contributed by atoms with van der Waals surface area (Å²) in [4.78, 5) is 40.0. The zero-order chi connectivity index (χ0) is 22.1. The van der Waals surface area contributed by atoms with E-state index in [1.165, 1.54) is 27.7 Å². The number of para-hydroxylation sites is 1. The molecule has 0 unspecified atom stereocenters. The highest BCUT2D eigenvalue weighted by molar-refractivity contribution is 5.90. The van der Waals surface area contributed by atoms with Crippen LogP contribution in [0.15, 0.2) is 59.7 Å². The van der Waals surface area contributed by atoms with Crippen molar-refractivity contribution in [1.82, 2.24) is 19.3 Å². The number of amides is 1. The number of fused-ring (bicyclic) bond motifs is 1. The second kappa shape index (κ2) is 7.82. The van der Waals surface area contributed by atoms with Gasteiger partial charge in [-0.05, 0) is 37.6 Å². The van der Waals surface area contributed by atoms with Crippen LogP contribution >= 0.6 is 0 Å². The Morgan fingerprint density at radius 2 is 1.90 bits per heavy atom. The number of rotatable bonds is 5. The summed E-state index contributed by atoms with van der Waals surface area (Å²) in [6.07, 6.45) is 1.36. The summed E-state index contributed by atoms with van der Waals surface area (Å²) < 4.78 is 2.72. The smallest absolute Gasteiger partial charge is 0.269 e. The summed E-state index contributed by atoms with van der Waals surface area (Å²) in [6, 6.07) is 12.8. The molecule has 0 fully saturated rings. The predicted octanol–water partition coefficient (Wildman–Crippen LogP) is 2.75. The molecule has 0 aliphatic carbocycles. The van der Waals surface area contributed by atoms with Gasteiger partial charge < -0.3 is 5.32 Å². The van der Waals surface area contributed by atoms with Gasteiger partial charge in [-0.25, -0.2) is 9.67 Å². The lowest BCUT2D eigenvalue weighted by molar-refractivity contribution is -0.384. The molecule has 10 heteroatoms. The first-order valence-corrected chi connectivity index (χ1v) is 9.39. The van der Waals surface area contributed by atoms with E-state index >= 15 is 0 Å². The third kappa shape index (κ3) is 3.90. The van der Waals surface area contributed by atoms with Gasteiger partial charge in [-0.3, -0.25) is 24.3 Å². The maximum Gasteiger partial charge on any atom is 0.269 e. The minimum absolute atomic E-state index is 0.0448. The molecule has 1 N–H and O–H groups in total. The number of nitrogens with zero attached hydrogens (tertiary/aromatic N) is 5. The molecular formula is C21H18N6O4. The van der Waals surface area contributed by atoms with E-state index in [1.54, 1.807) is 37.3 Å². The number of nitrogens with one attached hydrogen (secondary N) is 1. The molecule has 2 aromatic heterocycles. The Balaban J connectivity index is 1.59. The number of nitro benzene ring substituents is 1. The van der Waals surface area contributed by atoms with E-state index in [1.807, 2.05) is 13.0 Å². The Kier molecular flexibility index (Phi) is 5.04. The molecule has 10 nitrogen and oxygen atoms in total. The number of benzene rings is 2. The van der Waals surface area contributed by atoms with Gasteiger partial charge >= 0.3 is 0 Å². The van der Waals surface area contributed by atoms with Gasteiger partial charge in [0.25, 0.3) is 11.2 Å². The highest BCUT2D eigenvalue weighted by Gasteiger charge is 2.14. The minimum Gasteiger partial charge on any atom is -0.309 e. The van der Waals surface area contributed by atoms with Crippen molar-refractivity contribution in [3.8, 4) is 5.69 Å². The Bertz CT molecular complexity index is 1370. The van der Waals surface area contributed by atoms with Crippen LogP contribution in [0.4, 0.5) is 11.5 Å². The molecule has 0 aliphatic rings. The fourth-order valence-electron chi connectivity index (χ4n) is 3.29. The Morgan fingerprint density at radius 1 is 1.16 bits per heavy atom. The first-order valence-electron chi connectivity index (χ1n) is 9.39. The van der Waals surface area contributed by atoms with Crippen LogP contribution in [0.3, 0.4) is 0 Å². The number of hydrogen-bond acceptors (Lipinski definition) is 6. The third-order valence-electron chi connectivity index (χ3n) is 4.77. The van der Waals surface area contributed by atoms with E-state index in [-0.39, 0.29) is 17.8 Å². The van der Waals surface area contributed by atoms with Crippen LogP contribution in [0.25, 0.3) is 16.6 Å². The first kappa shape index (κ1) is 20.0. The molecular weight excluding hydrogens is 400 g/mol. The van der Waals surface area contributed by atoms with Crippen molar-refractivity contribution >= 4 is 28.3 Å². The number of carbonyl (C=O) groups is 1. The van der Waals surface area contributed by atoms with Crippen LogP contribution in [0.1, 0.15) is 11.3 Å². The Labute approximate surface area is 175 Å². The summed E-state index contributed by atoms with van der Waals surface area (Å²) in [7, 11) is 0. The average molecular weight is 418 g/mol. The number of non-ortho nitro benzene ring substituents is 1. The second-order valence-electron chi connectivity index (χ2n) is 7.05. The normalized spacial score (nSPS) is 10.9. The van der Waals surface area contributed by atoms with E-state index in [9.17, 15) is 19.7 Å². The molecule has 0 atom stereocenters. The summed E-state index contributed by atoms with van der Waals surface area (Å²) in [5, 5.41) is 18.4. The minimum atomic E-state index is -0.488. The molecule has 2 heterocycles. The number of anilines is 1. The van der Waals surface area contributed by atoms with Gasteiger partial charge in [-0.2, -0.15) is 5.10 Å². The highest BCUT2D eigenvalue weighted by Crippen LogP contribution is 2.20. The number of aromatic nitrogens is 4. The predicted molar refractivity (Wildman–Crippen MR) is 114 cm³/mol. The van der Waals surface area contributed by atoms with Crippen molar-refractivity contribution in [1.29, 1.82) is 0 Å². The van der Waals surface area contributed by atoms with Crippen LogP contribution in [0, 0.1) is 24.0 Å². The Hall–Kier alpha value is -4.34. The largest absolute Gasteiger partial charge is 0.309 e. The molecule has 0 aliphatic heterocycles. The maximum atomic E-state index is 12.7. The molecule has 0 saturated heterocycles. The zero-order valence-electron chi connectivity index (χ0n) is 16.8. The van der Waals surface area contributed by atoms with Gasteiger partial charge in [0.2, 0.25) is 5.91 Å². The van der Waals surface area contributed by atoms with E-state index < -0.39 is 10.8 Å². The van der Waals surface area contributed by atoms with Crippen molar-refractivity contribution in [3.05, 3.63) is 86.6 Å². The molecule has 0 radical (unpaired) electrons. The lowest BCUT2D eigenvalue weighted by Gasteiger charge is -2.10. The van der Waals surface area contributed by atoms with E-state index in [0.29, 0.717) is 28.1 Å². The standard InChI is InChI=1S/C21H18N6O4/c1-13-4-3-5-17-20(13)22-12-25(21(17)29)11-19(28)23-18-10-14(2)24-26(18)15-6-8-16(9-7-15)27(30)31/h3-10,12H,11H2,1-2H3,(H,23,28). The van der Waals surface area contributed by atoms with Gasteiger partial charge in [-0.1, -0.05) is 12.1 Å². The molecule has 1 amide bonds. The average Bonchev–Trinajstić information content (AvgIpc) is 3.10. The van der Waals surface area contributed by atoms with E-state index in [0.717, 1.165) is 5.56 Å². The zero-order valence-corrected chi connectivity index (χ0v) is 16.8. The summed E-state index contributed by atoms with van der Waals surface area (Å²) in [5.41, 5.74) is 2.34. The fraction of sp³-hybridized carbons (Fsp3) is 0.143. The monoisotopic (exact) mass is 418 g/mol. The van der Waals surface area contributed by atoms with E-state index in [4.69, 9.17) is 0 Å². The van der Waals surface area contributed by atoms with Gasteiger partial charge in [0.1, 0.15) is 12.4 Å². The van der Waals surface area contributed by atoms with Crippen LogP contribution < -0.4 is 10.9 Å². The lowest BCUT2D eigenvalue weighted by Crippen LogP contribution is -2.28. The first-order chi connectivity index (χ1) is 14.8. The fourth-order valence-corrected chi connectivity index (χ4v) is 3.29. The quantitative estimate of drug-likeness (QED) is 0.392. The van der Waals surface area contributed by atoms with Crippen LogP contribution in [-0.2, 0) is 11.3 Å². The molecule has 31 heavy (non-hydrogen) atoms. The molecule has 4 rings (SSSR count). The third-order valence-corrected chi connectivity index (χ3v) is 4.77. The summed E-state index contributed by atoms with van der Waals surface area (Å²) in [6.45, 7) is 3.41. The van der Waals surface area contributed by atoms with Gasteiger partial charge in [-0.15, -0.1) is 0 Å². The van der Waals surface area contributed by atoms with Gasteiger partial charge in [0.05, 0.1) is 33.5 Å². The molecule has 0 bridgehead atoms. The van der Waals surface area contributed by atoms with Gasteiger partial charge in [0, 0.05) is 18.2 Å². The van der Waals surface area contributed by atoms with Crippen molar-refractivity contribution in [3.63, 3.8) is 0 Å². The molecule has 4 aromatic rings. The van der Waals surface area contributed by atoms with Crippen LogP contribution in [0.5, 0.6) is 0 Å². The summed E-state index contributed by atoms with van der Waals surface area (Å²) >= 11 is 0. The molecule has 0 spiro atoms. The van der Waals surface area contributed by atoms with Crippen molar-refractivity contribution in [2.45, 2.75) is 20.4 Å². The Morgan fingerprint density at radius 3 is 2.61 bits per heavy atom. The summed E-state index contributed by atoms with van der Waals surface area (Å²) in [5.74, 6) is -0.0482. The number of carbonyl (C=O) groups excluding carboxylic acids is 1. The lowest BCUT2D eigenvalue weighted by atomic mass is 10.1. The number of aryl methyl sites for hydroxylation is 2. The SMILES string of the molecule is Cc1cc(NC(=O)Cn2cnc3c(C)cccc3c2=O)n(-c2ccc([N+](=O)[O-])cc2)n1. The van der Waals surface area contributed by atoms with Crippen molar-refractivity contribution in [2.75, 3.05) is 5.32 Å². The number of nitro groups is 1. The molecule has 156 valence electrons. The van der Waals surface area contributed by atoms with Crippen molar-refractivity contribution < 1.29 is 9.72 Å². The molecule has 2 aromatic carbocycles. The van der Waals surface area contributed by atoms with Crippen LogP contribution in [-0.4, -0.2) is 30.2 Å². The second-order valence-corrected chi connectivity index (χ2v) is 7.05. The van der Waals surface area contributed by atoms with Gasteiger partial charge in [0.15, 0.2) is 0 Å². The van der Waals surface area contributed by atoms with Crippen molar-refractivity contribution in [2.24, 2.45) is 0 Å². The molecule has 0 saturated carbocycles. The topological polar surface area (TPSA) is 125 Å². The maximum absolute atomic E-state index is 12.7. The highest BCUT2D eigenvalue weighted by atomic mass is 16.6. The van der Waals surface area contributed by atoms with Crippen LogP contribution in [0.2, 0.25) is 0 Å².